The zero-order valence-electron chi connectivity index (χ0n) is 17.2. The second-order valence-corrected chi connectivity index (χ2v) is 7.32. The van der Waals surface area contributed by atoms with Gasteiger partial charge < -0.3 is 9.47 Å². The lowest BCUT2D eigenvalue weighted by Gasteiger charge is -2.09. The number of hydrogen-bond donors (Lipinski definition) is 0. The number of aromatic nitrogens is 2. The van der Waals surface area contributed by atoms with Crippen LogP contribution >= 0.6 is 0 Å². The maximum Gasteiger partial charge on any atom is 0.213 e. The van der Waals surface area contributed by atoms with Gasteiger partial charge in [0.05, 0.1) is 24.2 Å². The topological polar surface area (TPSA) is 44.2 Å². The Balaban J connectivity index is 1.62. The Hall–Kier alpha value is -2.36. The molecule has 0 fully saturated rings. The van der Waals surface area contributed by atoms with Gasteiger partial charge in [0.1, 0.15) is 0 Å². The summed E-state index contributed by atoms with van der Waals surface area (Å²) in [5, 5.41) is 2.19. The fraction of sp³-hybridized carbons (Fsp3) is 0.500. The van der Waals surface area contributed by atoms with Crippen LogP contribution < -0.4 is 9.47 Å². The van der Waals surface area contributed by atoms with Gasteiger partial charge in [-0.2, -0.15) is 0 Å². The van der Waals surface area contributed by atoms with E-state index in [1.54, 1.807) is 0 Å². The first-order valence-corrected chi connectivity index (χ1v) is 10.8. The minimum atomic E-state index is 0.687. The number of nitrogens with zero attached hydrogens (tertiary/aromatic N) is 2. The fourth-order valence-electron chi connectivity index (χ4n) is 3.32. The van der Waals surface area contributed by atoms with Crippen LogP contribution in [0.2, 0.25) is 0 Å². The van der Waals surface area contributed by atoms with Crippen molar-refractivity contribution in [3.8, 4) is 11.8 Å². The smallest absolute Gasteiger partial charge is 0.213 e. The molecule has 0 radical (unpaired) electrons. The van der Waals surface area contributed by atoms with Crippen molar-refractivity contribution in [3.05, 3.63) is 36.4 Å². The molecule has 0 aliphatic carbocycles. The van der Waals surface area contributed by atoms with Crippen molar-refractivity contribution in [2.24, 2.45) is 0 Å². The molecule has 2 aromatic heterocycles. The van der Waals surface area contributed by atoms with Crippen molar-refractivity contribution >= 4 is 21.8 Å². The summed E-state index contributed by atoms with van der Waals surface area (Å²) < 4.78 is 11.6. The number of pyridine rings is 2. The molecule has 4 nitrogen and oxygen atoms in total. The molecule has 0 unspecified atom stereocenters. The summed E-state index contributed by atoms with van der Waals surface area (Å²) >= 11 is 0. The van der Waals surface area contributed by atoms with Crippen LogP contribution in [0, 0.1) is 0 Å². The highest BCUT2D eigenvalue weighted by atomic mass is 16.5. The Labute approximate surface area is 168 Å². The Morgan fingerprint density at radius 3 is 1.64 bits per heavy atom. The third kappa shape index (κ3) is 5.57. The molecule has 3 rings (SSSR count). The molecule has 0 saturated heterocycles. The van der Waals surface area contributed by atoms with Gasteiger partial charge in [0.15, 0.2) is 0 Å². The maximum atomic E-state index is 5.86. The lowest BCUT2D eigenvalue weighted by molar-refractivity contribution is 0.294. The maximum absolute atomic E-state index is 5.86. The van der Waals surface area contributed by atoms with E-state index >= 15 is 0 Å². The highest BCUT2D eigenvalue weighted by Gasteiger charge is 2.06. The highest BCUT2D eigenvalue weighted by Crippen LogP contribution is 2.27. The van der Waals surface area contributed by atoms with E-state index in [2.05, 4.69) is 35.9 Å². The molecule has 0 atom stereocenters. The number of rotatable bonds is 12. The van der Waals surface area contributed by atoms with Gasteiger partial charge in [-0.15, -0.1) is 0 Å². The zero-order valence-corrected chi connectivity index (χ0v) is 17.2. The van der Waals surface area contributed by atoms with E-state index in [-0.39, 0.29) is 0 Å². The van der Waals surface area contributed by atoms with Crippen LogP contribution in [0.5, 0.6) is 11.8 Å². The van der Waals surface area contributed by atoms with E-state index in [4.69, 9.17) is 9.47 Å². The van der Waals surface area contributed by atoms with Gasteiger partial charge in [-0.3, -0.25) is 0 Å². The molecule has 2 heterocycles. The summed E-state index contributed by atoms with van der Waals surface area (Å²) in [7, 11) is 0. The van der Waals surface area contributed by atoms with E-state index < -0.39 is 0 Å². The van der Waals surface area contributed by atoms with Crippen LogP contribution in [0.15, 0.2) is 36.4 Å². The SMILES string of the molecule is CCCCCCCCOc1ccc2c(ccc3nc(OCCCC)ccc32)n1. The number of ether oxygens (including phenoxy) is 2. The van der Waals surface area contributed by atoms with Gasteiger partial charge in [-0.25, -0.2) is 9.97 Å². The van der Waals surface area contributed by atoms with E-state index in [9.17, 15) is 0 Å². The second-order valence-electron chi connectivity index (χ2n) is 7.32. The number of fused-ring (bicyclic) bond motifs is 3. The van der Waals surface area contributed by atoms with Crippen molar-refractivity contribution in [2.45, 2.75) is 65.2 Å². The van der Waals surface area contributed by atoms with Gasteiger partial charge in [0.25, 0.3) is 0 Å². The molecule has 0 saturated carbocycles. The number of hydrogen-bond acceptors (Lipinski definition) is 4. The van der Waals surface area contributed by atoms with Crippen LogP contribution in [-0.4, -0.2) is 23.2 Å². The van der Waals surface area contributed by atoms with Gasteiger partial charge >= 0.3 is 0 Å². The van der Waals surface area contributed by atoms with Crippen molar-refractivity contribution in [1.29, 1.82) is 0 Å². The Bertz CT molecular complexity index is 879. The first-order chi connectivity index (χ1) is 13.8. The minimum Gasteiger partial charge on any atom is -0.478 e. The predicted molar refractivity (Wildman–Crippen MR) is 116 cm³/mol. The molecule has 0 N–H and O–H groups in total. The molecular weight excluding hydrogens is 348 g/mol. The van der Waals surface area contributed by atoms with Gasteiger partial charge in [0, 0.05) is 22.9 Å². The summed E-state index contributed by atoms with van der Waals surface area (Å²) in [4.78, 5) is 9.30. The highest BCUT2D eigenvalue weighted by molar-refractivity contribution is 6.04. The van der Waals surface area contributed by atoms with E-state index in [1.165, 1.54) is 32.1 Å². The summed E-state index contributed by atoms with van der Waals surface area (Å²) in [6, 6.07) is 12.1. The molecule has 0 spiro atoms. The molecule has 0 bridgehead atoms. The first-order valence-electron chi connectivity index (χ1n) is 10.8. The van der Waals surface area contributed by atoms with Crippen molar-refractivity contribution in [3.63, 3.8) is 0 Å². The summed E-state index contributed by atoms with van der Waals surface area (Å²) in [6.07, 6.45) is 9.73. The Morgan fingerprint density at radius 1 is 0.571 bits per heavy atom. The number of benzene rings is 1. The number of unbranched alkanes of at least 4 members (excludes halogenated alkanes) is 6. The molecule has 150 valence electrons. The largest absolute Gasteiger partial charge is 0.478 e. The normalized spacial score (nSPS) is 11.2. The average Bonchev–Trinajstić information content (AvgIpc) is 2.73. The van der Waals surface area contributed by atoms with Gasteiger partial charge in [-0.05, 0) is 37.1 Å². The Kier molecular flexibility index (Phi) is 7.89. The quantitative estimate of drug-likeness (QED) is 0.259. The third-order valence-electron chi connectivity index (χ3n) is 4.98. The summed E-state index contributed by atoms with van der Waals surface area (Å²) in [5.74, 6) is 1.39. The van der Waals surface area contributed by atoms with Crippen LogP contribution in [-0.2, 0) is 0 Å². The standard InChI is InChI=1S/C24H32N2O2/c1-3-5-7-8-9-10-18-28-24-16-12-20-19-11-15-23(27-17-6-4-2)25-21(19)13-14-22(20)26-24/h11-16H,3-10,17-18H2,1-2H3. The first kappa shape index (κ1) is 20.4. The summed E-state index contributed by atoms with van der Waals surface area (Å²) in [6.45, 7) is 5.84. The van der Waals surface area contributed by atoms with Gasteiger partial charge in [-0.1, -0.05) is 52.4 Å². The van der Waals surface area contributed by atoms with Crippen LogP contribution in [0.1, 0.15) is 65.2 Å². The van der Waals surface area contributed by atoms with Crippen molar-refractivity contribution in [2.75, 3.05) is 13.2 Å². The van der Waals surface area contributed by atoms with Crippen LogP contribution in [0.25, 0.3) is 21.8 Å². The lowest BCUT2D eigenvalue weighted by atomic mass is 10.1. The summed E-state index contributed by atoms with van der Waals surface area (Å²) in [5.41, 5.74) is 1.87. The molecule has 28 heavy (non-hydrogen) atoms. The van der Waals surface area contributed by atoms with Crippen LogP contribution in [0.4, 0.5) is 0 Å². The zero-order chi connectivity index (χ0) is 19.6. The van der Waals surface area contributed by atoms with E-state index in [0.29, 0.717) is 18.4 Å². The van der Waals surface area contributed by atoms with E-state index in [0.717, 1.165) is 47.7 Å². The average molecular weight is 381 g/mol. The molecule has 1 aromatic carbocycles. The van der Waals surface area contributed by atoms with Crippen LogP contribution in [0.3, 0.4) is 0 Å². The van der Waals surface area contributed by atoms with E-state index in [1.807, 2.05) is 24.3 Å². The van der Waals surface area contributed by atoms with Crippen molar-refractivity contribution < 1.29 is 9.47 Å². The van der Waals surface area contributed by atoms with Gasteiger partial charge in [0.2, 0.25) is 11.8 Å². The minimum absolute atomic E-state index is 0.687. The molecule has 0 aliphatic rings. The predicted octanol–water partition coefficient (Wildman–Crippen LogP) is 6.70. The third-order valence-corrected chi connectivity index (χ3v) is 4.98. The Morgan fingerprint density at radius 2 is 1.07 bits per heavy atom. The fourth-order valence-corrected chi connectivity index (χ4v) is 3.32. The second kappa shape index (κ2) is 10.8. The molecule has 0 aliphatic heterocycles. The monoisotopic (exact) mass is 380 g/mol. The molecule has 3 aromatic rings. The molecular formula is C24H32N2O2. The molecule has 0 amide bonds. The lowest BCUT2D eigenvalue weighted by Crippen LogP contribution is -2.00. The molecule has 4 heteroatoms. The van der Waals surface area contributed by atoms with Crippen molar-refractivity contribution in [1.82, 2.24) is 9.97 Å².